The van der Waals surface area contributed by atoms with Crippen LogP contribution in [0.2, 0.25) is 0 Å². The number of benzene rings is 2. The molecule has 0 atom stereocenters. The molecule has 6 heteroatoms. The molecule has 0 aliphatic carbocycles. The maximum Gasteiger partial charge on any atom is 0.335 e. The van der Waals surface area contributed by atoms with Gasteiger partial charge >= 0.3 is 11.9 Å². The van der Waals surface area contributed by atoms with Gasteiger partial charge in [0.05, 0.1) is 13.7 Å². The lowest BCUT2D eigenvalue weighted by Crippen LogP contribution is -2.03. The van der Waals surface area contributed by atoms with Crippen molar-refractivity contribution in [3.05, 3.63) is 84.5 Å². The third-order valence-electron chi connectivity index (χ3n) is 4.33. The Hall–Kier alpha value is -3.93. The molecule has 2 rings (SSSR count). The highest BCUT2D eigenvalue weighted by Crippen LogP contribution is 2.26. The van der Waals surface area contributed by atoms with E-state index in [4.69, 9.17) is 14.2 Å². The van der Waals surface area contributed by atoms with Crippen molar-refractivity contribution in [2.24, 2.45) is 0 Å². The number of allylic oxidation sites excluding steroid dienone is 1. The Kier molecular flexibility index (Phi) is 8.98. The predicted octanol–water partition coefficient (Wildman–Crippen LogP) is 4.19. The Labute approximate surface area is 181 Å². The molecule has 0 saturated heterocycles. The maximum atomic E-state index is 11.7. The minimum atomic E-state index is -0.553. The summed E-state index contributed by atoms with van der Waals surface area (Å²) in [6, 6.07) is 12.3. The molecule has 0 aliphatic rings. The van der Waals surface area contributed by atoms with Gasteiger partial charge in [-0.25, -0.2) is 9.59 Å². The van der Waals surface area contributed by atoms with E-state index >= 15 is 0 Å². The normalized spacial score (nSPS) is 10.7. The Morgan fingerprint density at radius 1 is 1.00 bits per heavy atom. The van der Waals surface area contributed by atoms with E-state index in [1.165, 1.54) is 0 Å². The zero-order valence-corrected chi connectivity index (χ0v) is 17.3. The number of methoxy groups -OCH3 is 1. The minimum Gasteiger partial charge on any atom is -0.496 e. The molecule has 2 aromatic carbocycles. The van der Waals surface area contributed by atoms with Crippen molar-refractivity contribution < 1.29 is 28.6 Å². The molecule has 0 heterocycles. The first-order valence-electron chi connectivity index (χ1n) is 9.58. The highest BCUT2D eigenvalue weighted by molar-refractivity contribution is 6.13. The Morgan fingerprint density at radius 3 is 2.32 bits per heavy atom. The van der Waals surface area contributed by atoms with Crippen molar-refractivity contribution in [3.63, 3.8) is 0 Å². The Morgan fingerprint density at radius 2 is 1.71 bits per heavy atom. The highest BCUT2D eigenvalue weighted by Gasteiger charge is 2.08. The van der Waals surface area contributed by atoms with Gasteiger partial charge in [0.2, 0.25) is 0 Å². The molecule has 0 saturated carbocycles. The van der Waals surface area contributed by atoms with Crippen LogP contribution < -0.4 is 9.47 Å². The number of aldehydes is 1. The first-order valence-corrected chi connectivity index (χ1v) is 9.58. The van der Waals surface area contributed by atoms with E-state index < -0.39 is 11.9 Å². The molecule has 160 valence electrons. The lowest BCUT2D eigenvalue weighted by molar-refractivity contribution is -0.137. The summed E-state index contributed by atoms with van der Waals surface area (Å²) in [5.74, 6) is -0.00924. The van der Waals surface area contributed by atoms with Crippen LogP contribution >= 0.6 is 0 Å². The molecule has 0 radical (unpaired) electrons. The first kappa shape index (κ1) is 23.3. The summed E-state index contributed by atoms with van der Waals surface area (Å²) >= 11 is 0. The van der Waals surface area contributed by atoms with Crippen molar-refractivity contribution in [3.8, 4) is 11.5 Å². The number of hydrogen-bond donors (Lipinski definition) is 0. The second-order valence-corrected chi connectivity index (χ2v) is 6.42. The standard InChI is InChI=1S/C25H24O6/c1-4-24(27)30-14-6-7-18-8-9-20(23(15-18)29-3)16-21(17-26)19-10-12-22(13-11-19)31-25(28)5-2/h4-5,8-13,15-17H,1-2,6-7,14H2,3H3/b21-16+. The molecule has 0 amide bonds. The number of aryl methyl sites for hydroxylation is 1. The molecule has 0 unspecified atom stereocenters. The summed E-state index contributed by atoms with van der Waals surface area (Å²) in [4.78, 5) is 34.0. The number of esters is 2. The van der Waals surface area contributed by atoms with E-state index in [-0.39, 0.29) is 0 Å². The van der Waals surface area contributed by atoms with Gasteiger partial charge in [-0.1, -0.05) is 37.4 Å². The fourth-order valence-electron chi connectivity index (χ4n) is 2.76. The summed E-state index contributed by atoms with van der Waals surface area (Å²) in [7, 11) is 1.56. The second kappa shape index (κ2) is 11.9. The van der Waals surface area contributed by atoms with Crippen molar-refractivity contribution in [2.45, 2.75) is 12.8 Å². The fourth-order valence-corrected chi connectivity index (χ4v) is 2.76. The van der Waals surface area contributed by atoms with Crippen molar-refractivity contribution in [1.82, 2.24) is 0 Å². The molecule has 0 bridgehead atoms. The van der Waals surface area contributed by atoms with Gasteiger partial charge in [-0.3, -0.25) is 4.79 Å². The molecule has 31 heavy (non-hydrogen) atoms. The van der Waals surface area contributed by atoms with Crippen molar-refractivity contribution >= 4 is 29.9 Å². The van der Waals surface area contributed by atoms with Gasteiger partial charge in [-0.2, -0.15) is 0 Å². The van der Waals surface area contributed by atoms with E-state index in [0.29, 0.717) is 42.1 Å². The Balaban J connectivity index is 2.15. The number of ether oxygens (including phenoxy) is 3. The van der Waals surface area contributed by atoms with E-state index in [0.717, 1.165) is 29.6 Å². The summed E-state index contributed by atoms with van der Waals surface area (Å²) in [5.41, 5.74) is 2.88. The number of carbonyl (C=O) groups excluding carboxylic acids is 3. The van der Waals surface area contributed by atoms with Crippen LogP contribution in [0.25, 0.3) is 11.6 Å². The molecule has 2 aromatic rings. The topological polar surface area (TPSA) is 78.9 Å². The number of carbonyl (C=O) groups is 3. The quantitative estimate of drug-likeness (QED) is 0.135. The van der Waals surface area contributed by atoms with Gasteiger partial charge < -0.3 is 14.2 Å². The molecule has 0 N–H and O–H groups in total. The van der Waals surface area contributed by atoms with Crippen LogP contribution in [0.5, 0.6) is 11.5 Å². The van der Waals surface area contributed by atoms with Gasteiger partial charge in [0.1, 0.15) is 11.5 Å². The molecular formula is C25H24O6. The van der Waals surface area contributed by atoms with Crippen LogP contribution in [0.15, 0.2) is 67.8 Å². The van der Waals surface area contributed by atoms with E-state index in [1.807, 2.05) is 18.2 Å². The largest absolute Gasteiger partial charge is 0.496 e. The number of rotatable bonds is 11. The zero-order valence-electron chi connectivity index (χ0n) is 17.3. The molecule has 0 aromatic heterocycles. The fraction of sp³-hybridized carbons (Fsp3) is 0.160. The molecule has 0 fully saturated rings. The summed E-state index contributed by atoms with van der Waals surface area (Å²) in [5, 5.41) is 0. The van der Waals surface area contributed by atoms with Crippen LogP contribution in [0, 0.1) is 0 Å². The lowest BCUT2D eigenvalue weighted by Gasteiger charge is -2.10. The maximum absolute atomic E-state index is 11.7. The van der Waals surface area contributed by atoms with E-state index in [2.05, 4.69) is 13.2 Å². The first-order chi connectivity index (χ1) is 15.0. The van der Waals surface area contributed by atoms with Gasteiger partial charge in [0, 0.05) is 23.3 Å². The van der Waals surface area contributed by atoms with Crippen molar-refractivity contribution in [2.75, 3.05) is 13.7 Å². The second-order valence-electron chi connectivity index (χ2n) is 6.42. The molecule has 0 spiro atoms. The van der Waals surface area contributed by atoms with E-state index in [1.54, 1.807) is 37.5 Å². The SMILES string of the molecule is C=CC(=O)OCCCc1ccc(/C=C(\C=O)c2ccc(OC(=O)C=C)cc2)c(OC)c1. The summed E-state index contributed by atoms with van der Waals surface area (Å²) in [6.07, 6.45) is 6.07. The van der Waals surface area contributed by atoms with Crippen LogP contribution in [0.4, 0.5) is 0 Å². The minimum absolute atomic E-state index is 0.308. The van der Waals surface area contributed by atoms with Crippen LogP contribution in [-0.4, -0.2) is 31.9 Å². The smallest absolute Gasteiger partial charge is 0.335 e. The average molecular weight is 420 g/mol. The highest BCUT2D eigenvalue weighted by atomic mass is 16.5. The third-order valence-corrected chi connectivity index (χ3v) is 4.33. The summed E-state index contributed by atoms with van der Waals surface area (Å²) < 4.78 is 15.5. The predicted molar refractivity (Wildman–Crippen MR) is 119 cm³/mol. The van der Waals surface area contributed by atoms with E-state index in [9.17, 15) is 14.4 Å². The molecule has 6 nitrogen and oxygen atoms in total. The van der Waals surface area contributed by atoms with Crippen LogP contribution in [0.3, 0.4) is 0 Å². The molecular weight excluding hydrogens is 396 g/mol. The number of hydrogen-bond acceptors (Lipinski definition) is 6. The van der Waals surface area contributed by atoms with Gasteiger partial charge in [-0.05, 0) is 48.2 Å². The average Bonchev–Trinajstić information content (AvgIpc) is 2.80. The van der Waals surface area contributed by atoms with Gasteiger partial charge in [-0.15, -0.1) is 0 Å². The van der Waals surface area contributed by atoms with Crippen LogP contribution in [-0.2, 0) is 25.5 Å². The van der Waals surface area contributed by atoms with Gasteiger partial charge in [0.15, 0.2) is 6.29 Å². The molecule has 0 aliphatic heterocycles. The monoisotopic (exact) mass is 420 g/mol. The lowest BCUT2D eigenvalue weighted by atomic mass is 10.0. The zero-order chi connectivity index (χ0) is 22.6. The summed E-state index contributed by atoms with van der Waals surface area (Å²) in [6.45, 7) is 7.02. The Bertz CT molecular complexity index is 986. The van der Waals surface area contributed by atoms with Crippen molar-refractivity contribution in [1.29, 1.82) is 0 Å². The van der Waals surface area contributed by atoms with Gasteiger partial charge in [0.25, 0.3) is 0 Å². The van der Waals surface area contributed by atoms with Crippen LogP contribution in [0.1, 0.15) is 23.1 Å². The third kappa shape index (κ3) is 7.12.